The van der Waals surface area contributed by atoms with Gasteiger partial charge in [-0.2, -0.15) is 0 Å². The molecule has 8 nitrogen and oxygen atoms in total. The average Bonchev–Trinajstić information content (AvgIpc) is 2.89. The van der Waals surface area contributed by atoms with Crippen LogP contribution >= 0.6 is 0 Å². The minimum Gasteiger partial charge on any atom is -0.383 e. The number of amides is 1. The van der Waals surface area contributed by atoms with Gasteiger partial charge in [-0.15, -0.1) is 0 Å². The lowest BCUT2D eigenvalue weighted by molar-refractivity contribution is 0.0707. The highest BCUT2D eigenvalue weighted by Gasteiger charge is 2.34. The van der Waals surface area contributed by atoms with Crippen molar-refractivity contribution in [2.75, 3.05) is 43.6 Å². The van der Waals surface area contributed by atoms with Gasteiger partial charge in [0.05, 0.1) is 23.7 Å². The monoisotopic (exact) mass is 342 g/mol. The molecule has 1 saturated heterocycles. The molecule has 0 radical (unpaired) electrons. The fourth-order valence-corrected chi connectivity index (χ4v) is 4.28. The average molecular weight is 342 g/mol. The number of nitrogens with zero attached hydrogens (tertiary/aromatic N) is 3. The molecule has 0 aliphatic carbocycles. The van der Waals surface area contributed by atoms with Crippen LogP contribution in [-0.4, -0.2) is 73.5 Å². The fourth-order valence-electron chi connectivity index (χ4n) is 2.55. The van der Waals surface area contributed by atoms with Gasteiger partial charge in [-0.3, -0.25) is 4.79 Å². The summed E-state index contributed by atoms with van der Waals surface area (Å²) < 4.78 is 28.1. The zero-order valence-corrected chi connectivity index (χ0v) is 14.2. The summed E-state index contributed by atoms with van der Waals surface area (Å²) in [5.74, 6) is 0.354. The van der Waals surface area contributed by atoms with Crippen molar-refractivity contribution < 1.29 is 17.9 Å². The Morgan fingerprint density at radius 2 is 2.13 bits per heavy atom. The van der Waals surface area contributed by atoms with E-state index in [1.165, 1.54) is 12.4 Å². The number of ether oxygens (including phenoxy) is 1. The Morgan fingerprint density at radius 1 is 1.43 bits per heavy atom. The molecule has 23 heavy (non-hydrogen) atoms. The van der Waals surface area contributed by atoms with Crippen molar-refractivity contribution in [3.05, 3.63) is 18.0 Å². The number of hydrogen-bond donors (Lipinski definition) is 1. The van der Waals surface area contributed by atoms with Gasteiger partial charge in [0.1, 0.15) is 0 Å². The maximum absolute atomic E-state index is 12.6. The number of carbonyl (C=O) groups excluding carboxylic acids is 1. The zero-order valence-electron chi connectivity index (χ0n) is 13.4. The Kier molecular flexibility index (Phi) is 5.89. The molecule has 1 N–H and O–H groups in total. The molecule has 0 bridgehead atoms. The molecule has 0 spiro atoms. The van der Waals surface area contributed by atoms with Crippen LogP contribution in [0.2, 0.25) is 0 Å². The molecule has 2 heterocycles. The quantitative estimate of drug-likeness (QED) is 0.706. The third-order valence-electron chi connectivity index (χ3n) is 3.74. The van der Waals surface area contributed by atoms with E-state index in [0.717, 1.165) is 0 Å². The highest BCUT2D eigenvalue weighted by atomic mass is 32.2. The van der Waals surface area contributed by atoms with Crippen LogP contribution in [-0.2, 0) is 14.6 Å². The van der Waals surface area contributed by atoms with Gasteiger partial charge in [-0.05, 0) is 13.3 Å². The van der Waals surface area contributed by atoms with Crippen LogP contribution in [0.1, 0.15) is 23.7 Å². The second-order valence-electron chi connectivity index (χ2n) is 5.36. The first-order valence-electron chi connectivity index (χ1n) is 7.53. The first-order chi connectivity index (χ1) is 11.0. The van der Waals surface area contributed by atoms with E-state index in [4.69, 9.17) is 4.74 Å². The Labute approximate surface area is 136 Å². The number of rotatable bonds is 7. The molecule has 128 valence electrons. The third-order valence-corrected chi connectivity index (χ3v) is 5.49. The molecule has 0 saturated carbocycles. The Balaban J connectivity index is 2.03. The van der Waals surface area contributed by atoms with Crippen LogP contribution in [0.4, 0.5) is 5.95 Å². The van der Waals surface area contributed by atoms with E-state index in [9.17, 15) is 13.2 Å². The van der Waals surface area contributed by atoms with E-state index >= 15 is 0 Å². The van der Waals surface area contributed by atoms with Crippen LogP contribution in [0.25, 0.3) is 0 Å². The summed E-state index contributed by atoms with van der Waals surface area (Å²) in [5, 5.41) is 2.97. The predicted octanol–water partition coefficient (Wildman–Crippen LogP) is 0.184. The van der Waals surface area contributed by atoms with E-state index < -0.39 is 9.84 Å². The van der Waals surface area contributed by atoms with Crippen molar-refractivity contribution in [1.29, 1.82) is 0 Å². The standard InChI is InChI=1S/C14H22N4O4S/c1-3-18(12-4-7-23(20,21)10-12)13(19)11-8-16-14(17-9-11)15-5-6-22-2/h8-9,12H,3-7,10H2,1-2H3,(H,15,16,17). The van der Waals surface area contributed by atoms with Crippen LogP contribution in [0.15, 0.2) is 12.4 Å². The maximum atomic E-state index is 12.6. The number of sulfone groups is 1. The summed E-state index contributed by atoms with van der Waals surface area (Å²) in [5.41, 5.74) is 0.355. The molecule has 1 aromatic rings. The molecular formula is C14H22N4O4S. The zero-order chi connectivity index (χ0) is 16.9. The topological polar surface area (TPSA) is 101 Å². The SMILES string of the molecule is CCN(C(=O)c1cnc(NCCOC)nc1)C1CCS(=O)(=O)C1. The van der Waals surface area contributed by atoms with Crippen LogP contribution in [0.3, 0.4) is 0 Å². The lowest BCUT2D eigenvalue weighted by Crippen LogP contribution is -2.41. The second-order valence-corrected chi connectivity index (χ2v) is 7.59. The maximum Gasteiger partial charge on any atom is 0.257 e. The lowest BCUT2D eigenvalue weighted by Gasteiger charge is -2.26. The number of aromatic nitrogens is 2. The summed E-state index contributed by atoms with van der Waals surface area (Å²) in [6.45, 7) is 3.39. The lowest BCUT2D eigenvalue weighted by atomic mass is 10.2. The van der Waals surface area contributed by atoms with E-state index in [0.29, 0.717) is 37.6 Å². The fraction of sp³-hybridized carbons (Fsp3) is 0.643. The largest absolute Gasteiger partial charge is 0.383 e. The van der Waals surface area contributed by atoms with E-state index in [1.807, 2.05) is 6.92 Å². The number of hydrogen-bond acceptors (Lipinski definition) is 7. The van der Waals surface area contributed by atoms with Gasteiger partial charge in [-0.1, -0.05) is 0 Å². The molecular weight excluding hydrogens is 320 g/mol. The summed E-state index contributed by atoms with van der Waals surface area (Å²) in [4.78, 5) is 22.3. The molecule has 0 aromatic carbocycles. The normalized spacial score (nSPS) is 19.5. The van der Waals surface area contributed by atoms with Gasteiger partial charge in [0, 0.05) is 38.6 Å². The van der Waals surface area contributed by atoms with Crippen molar-refractivity contribution in [3.8, 4) is 0 Å². The first kappa shape index (κ1) is 17.6. The van der Waals surface area contributed by atoms with Crippen molar-refractivity contribution in [2.45, 2.75) is 19.4 Å². The number of methoxy groups -OCH3 is 1. The smallest absolute Gasteiger partial charge is 0.257 e. The molecule has 1 aliphatic heterocycles. The molecule has 1 atom stereocenters. The Bertz CT molecular complexity index is 633. The van der Waals surface area contributed by atoms with Crippen molar-refractivity contribution in [2.24, 2.45) is 0 Å². The van der Waals surface area contributed by atoms with Crippen molar-refractivity contribution >= 4 is 21.7 Å². The van der Waals surface area contributed by atoms with Crippen LogP contribution in [0.5, 0.6) is 0 Å². The van der Waals surface area contributed by atoms with Gasteiger partial charge >= 0.3 is 0 Å². The van der Waals surface area contributed by atoms with Crippen LogP contribution < -0.4 is 5.32 Å². The Morgan fingerprint density at radius 3 is 2.65 bits per heavy atom. The van der Waals surface area contributed by atoms with E-state index in [-0.39, 0.29) is 23.5 Å². The summed E-state index contributed by atoms with van der Waals surface area (Å²) in [6, 6.07) is -0.267. The summed E-state index contributed by atoms with van der Waals surface area (Å²) in [7, 11) is -1.43. The molecule has 2 rings (SSSR count). The summed E-state index contributed by atoms with van der Waals surface area (Å²) >= 11 is 0. The van der Waals surface area contributed by atoms with Crippen molar-refractivity contribution in [1.82, 2.24) is 14.9 Å². The van der Waals surface area contributed by atoms with Crippen LogP contribution in [0, 0.1) is 0 Å². The summed E-state index contributed by atoms with van der Waals surface area (Å²) in [6.07, 6.45) is 3.40. The van der Waals surface area contributed by atoms with Gasteiger partial charge in [0.25, 0.3) is 5.91 Å². The molecule has 1 fully saturated rings. The highest BCUT2D eigenvalue weighted by molar-refractivity contribution is 7.91. The van der Waals surface area contributed by atoms with Gasteiger partial charge < -0.3 is 15.0 Å². The number of carbonyl (C=O) groups is 1. The molecule has 1 aliphatic rings. The third kappa shape index (κ3) is 4.61. The molecule has 1 unspecified atom stereocenters. The molecule has 1 aromatic heterocycles. The highest BCUT2D eigenvalue weighted by Crippen LogP contribution is 2.19. The van der Waals surface area contributed by atoms with Gasteiger partial charge in [0.15, 0.2) is 9.84 Å². The second kappa shape index (κ2) is 7.69. The molecule has 1 amide bonds. The van der Waals surface area contributed by atoms with E-state index in [1.54, 1.807) is 12.0 Å². The number of nitrogens with one attached hydrogen (secondary N) is 1. The van der Waals surface area contributed by atoms with Crippen molar-refractivity contribution in [3.63, 3.8) is 0 Å². The van der Waals surface area contributed by atoms with Gasteiger partial charge in [0.2, 0.25) is 5.95 Å². The Hall–Kier alpha value is -1.74. The van der Waals surface area contributed by atoms with Gasteiger partial charge in [-0.25, -0.2) is 18.4 Å². The minimum absolute atomic E-state index is 0.0318. The number of anilines is 1. The van der Waals surface area contributed by atoms with E-state index in [2.05, 4.69) is 15.3 Å². The first-order valence-corrected chi connectivity index (χ1v) is 9.35. The predicted molar refractivity (Wildman–Crippen MR) is 86.2 cm³/mol. The minimum atomic E-state index is -3.03. The molecule has 9 heteroatoms.